The topological polar surface area (TPSA) is 170 Å². The van der Waals surface area contributed by atoms with Crippen molar-refractivity contribution in [1.29, 1.82) is 0 Å². The number of aliphatic hydroxyl groups excluding tert-OH is 1. The Morgan fingerprint density at radius 1 is 0.870 bits per heavy atom. The van der Waals surface area contributed by atoms with Gasteiger partial charge in [-0.05, 0) is 72.7 Å². The number of β-amino-alcohol motifs (C(OH)–C–C–N with tert-alkyl or cyclic N) is 1. The zero-order valence-corrected chi connectivity index (χ0v) is 40.6. The largest absolute Gasteiger partial charge is 0.474 e. The number of nitrogens with one attached hydrogen (secondary N) is 1. The van der Waals surface area contributed by atoms with Crippen molar-refractivity contribution in [3.63, 3.8) is 0 Å². The molecule has 7 aromatic rings. The zero-order chi connectivity index (χ0) is 47.8. The molecule has 16 heteroatoms. The minimum Gasteiger partial charge on any atom is -0.474 e. The molecule has 2 amide bonds. The van der Waals surface area contributed by atoms with E-state index in [2.05, 4.69) is 66.2 Å². The molecule has 7 heterocycles. The molecular weight excluding hydrogens is 893 g/mol. The predicted octanol–water partition coefficient (Wildman–Crippen LogP) is 8.26. The van der Waals surface area contributed by atoms with Crippen LogP contribution in [0.5, 0.6) is 11.8 Å². The summed E-state index contributed by atoms with van der Waals surface area (Å²) >= 11 is 1.59. The van der Waals surface area contributed by atoms with Crippen molar-refractivity contribution in [3.8, 4) is 33.3 Å². The van der Waals surface area contributed by atoms with E-state index in [1.807, 2.05) is 88.2 Å². The molecule has 15 nitrogen and oxygen atoms in total. The number of aromatic nitrogens is 5. The number of aryl methyl sites for hydroxylation is 2. The van der Waals surface area contributed by atoms with Crippen molar-refractivity contribution in [3.05, 3.63) is 108 Å². The molecule has 1 aliphatic carbocycles. The van der Waals surface area contributed by atoms with E-state index in [0.717, 1.165) is 94.6 Å². The number of hydrogen-bond donors (Lipinski definition) is 2. The van der Waals surface area contributed by atoms with Crippen LogP contribution < -0.4 is 14.8 Å². The Morgan fingerprint density at radius 2 is 1.65 bits per heavy atom. The van der Waals surface area contributed by atoms with E-state index in [0.29, 0.717) is 24.1 Å². The van der Waals surface area contributed by atoms with Crippen LogP contribution in [0.2, 0.25) is 0 Å². The van der Waals surface area contributed by atoms with Gasteiger partial charge in [-0.15, -0.1) is 11.3 Å². The Kier molecular flexibility index (Phi) is 13.5. The summed E-state index contributed by atoms with van der Waals surface area (Å²) in [6.07, 6.45) is 9.08. The highest BCUT2D eigenvalue weighted by atomic mass is 32.1. The van der Waals surface area contributed by atoms with Gasteiger partial charge in [0, 0.05) is 105 Å². The van der Waals surface area contributed by atoms with Gasteiger partial charge in [0.15, 0.2) is 5.76 Å². The molecule has 0 bridgehead atoms. The van der Waals surface area contributed by atoms with Gasteiger partial charge in [-0.3, -0.25) is 19.5 Å². The van der Waals surface area contributed by atoms with Crippen molar-refractivity contribution < 1.29 is 33.4 Å². The molecule has 3 fully saturated rings. The fourth-order valence-corrected chi connectivity index (χ4v) is 11.0. The number of amides is 2. The summed E-state index contributed by atoms with van der Waals surface area (Å²) in [5.74, 6) is -0.157. The number of ether oxygens (including phenoxy) is 3. The number of pyridine rings is 2. The van der Waals surface area contributed by atoms with Crippen LogP contribution in [0.4, 0.5) is 0 Å². The first-order valence-corrected chi connectivity index (χ1v) is 25.1. The molecule has 1 saturated carbocycles. The predicted molar refractivity (Wildman–Crippen MR) is 264 cm³/mol. The molecule has 4 atom stereocenters. The summed E-state index contributed by atoms with van der Waals surface area (Å²) in [6, 6.07) is 21.2. The molecule has 2 N–H and O–H groups in total. The fourth-order valence-electron chi connectivity index (χ4n) is 10.2. The molecule has 2 aromatic carbocycles. The number of thiazole rings is 1. The van der Waals surface area contributed by atoms with Crippen LogP contribution in [0.3, 0.4) is 0 Å². The number of carbonyl (C=O) groups is 2. The molecule has 2 aliphatic heterocycles. The Morgan fingerprint density at radius 3 is 2.39 bits per heavy atom. The van der Waals surface area contributed by atoms with Gasteiger partial charge in [-0.2, -0.15) is 0 Å². The van der Waals surface area contributed by atoms with E-state index < -0.39 is 18.1 Å². The van der Waals surface area contributed by atoms with E-state index in [4.69, 9.17) is 18.7 Å². The van der Waals surface area contributed by atoms with Gasteiger partial charge in [-0.1, -0.05) is 50.2 Å². The molecule has 0 radical (unpaired) electrons. The van der Waals surface area contributed by atoms with Gasteiger partial charge in [-0.25, -0.2) is 9.97 Å². The Bertz CT molecular complexity index is 2900. The van der Waals surface area contributed by atoms with Crippen LogP contribution in [-0.2, 0) is 21.4 Å². The number of benzene rings is 2. The van der Waals surface area contributed by atoms with Crippen LogP contribution in [-0.4, -0.2) is 115 Å². The lowest BCUT2D eigenvalue weighted by Gasteiger charge is -2.39. The van der Waals surface area contributed by atoms with Gasteiger partial charge in [0.2, 0.25) is 17.7 Å². The van der Waals surface area contributed by atoms with Crippen LogP contribution in [0.25, 0.3) is 43.4 Å². The maximum absolute atomic E-state index is 14.2. The third-order valence-corrected chi connectivity index (χ3v) is 15.2. The third-order valence-electron chi connectivity index (χ3n) is 14.2. The van der Waals surface area contributed by atoms with Crippen molar-refractivity contribution >= 4 is 45.0 Å². The summed E-state index contributed by atoms with van der Waals surface area (Å²) < 4.78 is 26.7. The summed E-state index contributed by atoms with van der Waals surface area (Å²) in [7, 11) is 2.09. The number of nitrogens with zero attached hydrogens (tertiary/aromatic N) is 7. The van der Waals surface area contributed by atoms with Gasteiger partial charge >= 0.3 is 0 Å². The Labute approximate surface area is 405 Å². The van der Waals surface area contributed by atoms with E-state index in [1.165, 1.54) is 10.3 Å². The molecular formula is C53H60N8O7S. The second-order valence-corrected chi connectivity index (χ2v) is 20.1. The number of carbonyl (C=O) groups excluding carboxylic acids is 2. The molecule has 0 unspecified atom stereocenters. The second-order valence-electron chi connectivity index (χ2n) is 19.2. The lowest BCUT2D eigenvalue weighted by molar-refractivity contribution is -0.141. The quantitative estimate of drug-likeness (QED) is 0.0953. The summed E-state index contributed by atoms with van der Waals surface area (Å²) in [6.45, 7) is 10.8. The first-order chi connectivity index (χ1) is 33.4. The van der Waals surface area contributed by atoms with Crippen molar-refractivity contribution in [2.45, 2.75) is 102 Å². The summed E-state index contributed by atoms with van der Waals surface area (Å²) in [4.78, 5) is 46.2. The van der Waals surface area contributed by atoms with Crippen molar-refractivity contribution in [2.24, 2.45) is 13.0 Å². The number of piperidine rings is 1. The van der Waals surface area contributed by atoms with Gasteiger partial charge in [0.05, 0.1) is 46.0 Å². The van der Waals surface area contributed by atoms with Gasteiger partial charge in [0.25, 0.3) is 5.88 Å². The van der Waals surface area contributed by atoms with E-state index in [-0.39, 0.29) is 55.1 Å². The molecule has 0 spiro atoms. The van der Waals surface area contributed by atoms with Gasteiger partial charge < -0.3 is 38.6 Å². The fraction of sp³-hybridized carbons (Fsp3) is 0.434. The molecule has 3 aliphatic rings. The lowest BCUT2D eigenvalue weighted by Crippen LogP contribution is -2.48. The molecule has 5 aromatic heterocycles. The normalized spacial score (nSPS) is 20.9. The molecule has 360 valence electrons. The number of hydrogen-bond acceptors (Lipinski definition) is 13. The average Bonchev–Trinajstić information content (AvgIpc) is 4.15. The standard InChI is InChI=1S/C53H60N8O7S/c1-31(2)50(53(64)61-29-38(62)23-46(61)52(63)57-32(3)34-6-8-35(9-7-34)51-33(4)56-30-69-51)47-26-49(58-68-47)65-21-20-60-18-15-39(16-19-60)66-40-24-41(25-40)67-48-13-11-37(27-55-48)36-10-12-42-43-28-54-17-14-44(43)59(5)45(42)22-36/h6-14,17,22,26-28,30-32,38-41,46,50,62H,15-16,18-21,23-25,29H2,1-5H3,(H,57,63)/t32-,38+,40?,41?,46-,50+/m0/s1. The van der Waals surface area contributed by atoms with Crippen LogP contribution in [0.1, 0.15) is 81.9 Å². The maximum atomic E-state index is 14.2. The van der Waals surface area contributed by atoms with Crippen molar-refractivity contribution in [2.75, 3.05) is 32.8 Å². The number of rotatable bonds is 16. The monoisotopic (exact) mass is 952 g/mol. The van der Waals surface area contributed by atoms with Crippen LogP contribution in [0.15, 0.2) is 95.4 Å². The van der Waals surface area contributed by atoms with Crippen LogP contribution >= 0.6 is 11.3 Å². The number of fused-ring (bicyclic) bond motifs is 3. The minimum atomic E-state index is -0.821. The van der Waals surface area contributed by atoms with E-state index in [9.17, 15) is 14.7 Å². The third kappa shape index (κ3) is 9.98. The van der Waals surface area contributed by atoms with Crippen molar-refractivity contribution in [1.82, 2.24) is 39.8 Å². The Balaban J connectivity index is 0.644. The van der Waals surface area contributed by atoms with E-state index >= 15 is 0 Å². The minimum absolute atomic E-state index is 0.0600. The number of aliphatic hydroxyl groups is 1. The maximum Gasteiger partial charge on any atom is 0.254 e. The first-order valence-electron chi connectivity index (χ1n) is 24.2. The average molecular weight is 953 g/mol. The summed E-state index contributed by atoms with van der Waals surface area (Å²) in [5.41, 5.74) is 9.30. The SMILES string of the molecule is Cc1ncsc1-c1ccc([C@H](C)NC(=O)[C@@H]2C[C@@H](O)CN2C(=O)[C@@H](c2cc(OCCN3CCC(OC4CC(Oc5ccc(-c6ccc7c8cnccc8n(C)c7c6)cn5)C4)CC3)no2)C(C)C)cc1. The zero-order valence-electron chi connectivity index (χ0n) is 39.8. The first kappa shape index (κ1) is 46.5. The second kappa shape index (κ2) is 20.0. The van der Waals surface area contributed by atoms with E-state index in [1.54, 1.807) is 17.4 Å². The van der Waals surface area contributed by atoms with Gasteiger partial charge in [0.1, 0.15) is 24.7 Å². The molecule has 2 saturated heterocycles. The molecule has 10 rings (SSSR count). The lowest BCUT2D eigenvalue weighted by atomic mass is 9.91. The Hall–Kier alpha value is -6.20. The smallest absolute Gasteiger partial charge is 0.254 e. The highest BCUT2D eigenvalue weighted by molar-refractivity contribution is 7.13. The van der Waals surface area contributed by atoms with Crippen LogP contribution in [0, 0.1) is 12.8 Å². The number of likely N-dealkylation sites (tertiary alicyclic amines) is 2. The molecule has 69 heavy (non-hydrogen) atoms. The highest BCUT2D eigenvalue weighted by Crippen LogP contribution is 2.36. The summed E-state index contributed by atoms with van der Waals surface area (Å²) in [5, 5.41) is 20.3. The highest BCUT2D eigenvalue weighted by Gasteiger charge is 2.44.